The fourth-order valence-electron chi connectivity index (χ4n) is 3.77. The fraction of sp³-hybridized carbons (Fsp3) is 0.400. The van der Waals surface area contributed by atoms with Gasteiger partial charge in [-0.1, -0.05) is 18.2 Å². The number of hydrogen-bond donors (Lipinski definition) is 0. The second-order valence-electron chi connectivity index (χ2n) is 7.26. The standard InChI is InChI=1S/C20H22N4O3/c1-14-10-22-16(11-21-14)19(26)23-9-8-20(2)17(12-23)24(18(25)13-27-20)15-6-4-3-5-7-15/h3-7,10-11,17H,8-9,12-13H2,1-2H3/t17-,20-/m1/s1. The molecule has 2 aliphatic rings. The van der Waals surface area contributed by atoms with Crippen molar-refractivity contribution in [1.29, 1.82) is 0 Å². The summed E-state index contributed by atoms with van der Waals surface area (Å²) >= 11 is 0. The highest BCUT2D eigenvalue weighted by atomic mass is 16.5. The Morgan fingerprint density at radius 3 is 2.70 bits per heavy atom. The van der Waals surface area contributed by atoms with E-state index in [1.165, 1.54) is 6.20 Å². The first-order chi connectivity index (χ1) is 13.0. The molecule has 4 rings (SSSR count). The number of carbonyl (C=O) groups is 2. The zero-order valence-corrected chi connectivity index (χ0v) is 15.5. The SMILES string of the molecule is Cc1cnc(C(=O)N2CC[C@@]3(C)OCC(=O)N(c4ccccc4)[C@@H]3C2)cn1. The molecule has 0 N–H and O–H groups in total. The molecule has 2 aromatic rings. The van der Waals surface area contributed by atoms with Gasteiger partial charge in [0.1, 0.15) is 12.3 Å². The molecular formula is C20H22N4O3. The maximum Gasteiger partial charge on any atom is 0.274 e. The molecule has 0 aliphatic carbocycles. The van der Waals surface area contributed by atoms with E-state index in [9.17, 15) is 9.59 Å². The molecule has 0 saturated carbocycles. The van der Waals surface area contributed by atoms with Crippen LogP contribution in [0.2, 0.25) is 0 Å². The molecule has 27 heavy (non-hydrogen) atoms. The molecule has 2 atom stereocenters. The number of amides is 2. The van der Waals surface area contributed by atoms with Crippen LogP contribution in [0, 0.1) is 6.92 Å². The van der Waals surface area contributed by atoms with Crippen LogP contribution in [0.4, 0.5) is 5.69 Å². The van der Waals surface area contributed by atoms with E-state index in [0.717, 1.165) is 11.4 Å². The maximum absolute atomic E-state index is 12.9. The number of aryl methyl sites for hydroxylation is 1. The lowest BCUT2D eigenvalue weighted by molar-refractivity contribution is -0.149. The molecule has 2 saturated heterocycles. The number of piperidine rings is 1. The zero-order valence-electron chi connectivity index (χ0n) is 15.5. The number of fused-ring (bicyclic) bond motifs is 1. The van der Waals surface area contributed by atoms with Crippen molar-refractivity contribution in [1.82, 2.24) is 14.9 Å². The van der Waals surface area contributed by atoms with Crippen molar-refractivity contribution in [3.05, 3.63) is 54.1 Å². The van der Waals surface area contributed by atoms with Gasteiger partial charge in [0, 0.05) is 25.0 Å². The van der Waals surface area contributed by atoms with Gasteiger partial charge in [-0.05, 0) is 32.4 Å². The van der Waals surface area contributed by atoms with Gasteiger partial charge in [0.2, 0.25) is 0 Å². The summed E-state index contributed by atoms with van der Waals surface area (Å²) in [6, 6.07) is 9.30. The van der Waals surface area contributed by atoms with E-state index in [1.807, 2.05) is 44.2 Å². The molecule has 0 radical (unpaired) electrons. The van der Waals surface area contributed by atoms with Gasteiger partial charge in [-0.3, -0.25) is 14.6 Å². The molecular weight excluding hydrogens is 344 g/mol. The van der Waals surface area contributed by atoms with Crippen LogP contribution in [0.3, 0.4) is 0 Å². The summed E-state index contributed by atoms with van der Waals surface area (Å²) in [5.74, 6) is -0.260. The smallest absolute Gasteiger partial charge is 0.274 e. The van der Waals surface area contributed by atoms with Gasteiger partial charge < -0.3 is 14.5 Å². The summed E-state index contributed by atoms with van der Waals surface area (Å²) in [6.45, 7) is 4.85. The number of aromatic nitrogens is 2. The molecule has 7 nitrogen and oxygen atoms in total. The third kappa shape index (κ3) is 3.19. The quantitative estimate of drug-likeness (QED) is 0.810. The van der Waals surface area contributed by atoms with Gasteiger partial charge in [0.15, 0.2) is 0 Å². The van der Waals surface area contributed by atoms with Crippen molar-refractivity contribution in [3.63, 3.8) is 0 Å². The van der Waals surface area contributed by atoms with Gasteiger partial charge in [-0.25, -0.2) is 4.98 Å². The van der Waals surface area contributed by atoms with Crippen LogP contribution in [0.1, 0.15) is 29.5 Å². The molecule has 0 spiro atoms. The summed E-state index contributed by atoms with van der Waals surface area (Å²) in [6.07, 6.45) is 3.74. The van der Waals surface area contributed by atoms with E-state index in [4.69, 9.17) is 4.74 Å². The molecule has 1 aromatic carbocycles. The van der Waals surface area contributed by atoms with Crippen LogP contribution >= 0.6 is 0 Å². The fourth-order valence-corrected chi connectivity index (χ4v) is 3.77. The summed E-state index contributed by atoms with van der Waals surface area (Å²) in [5, 5.41) is 0. The first-order valence-electron chi connectivity index (χ1n) is 9.07. The number of benzene rings is 1. The number of para-hydroxylation sites is 1. The van der Waals surface area contributed by atoms with Crippen molar-refractivity contribution in [2.75, 3.05) is 24.6 Å². The first-order valence-corrected chi connectivity index (χ1v) is 9.07. The zero-order chi connectivity index (χ0) is 19.0. The molecule has 0 bridgehead atoms. The predicted octanol–water partition coefficient (Wildman–Crippen LogP) is 1.82. The third-order valence-corrected chi connectivity index (χ3v) is 5.40. The molecule has 0 unspecified atom stereocenters. The molecule has 7 heteroatoms. The summed E-state index contributed by atoms with van der Waals surface area (Å²) in [7, 11) is 0. The lowest BCUT2D eigenvalue weighted by Crippen LogP contribution is -2.68. The van der Waals surface area contributed by atoms with E-state index in [1.54, 1.807) is 16.0 Å². The Kier molecular flexibility index (Phi) is 4.39. The Labute approximate surface area is 158 Å². The molecule has 3 heterocycles. The minimum Gasteiger partial charge on any atom is -0.363 e. The molecule has 2 fully saturated rings. The lowest BCUT2D eigenvalue weighted by atomic mass is 9.85. The van der Waals surface area contributed by atoms with Crippen LogP contribution in [0.5, 0.6) is 0 Å². The highest BCUT2D eigenvalue weighted by Gasteiger charge is 2.50. The second-order valence-corrected chi connectivity index (χ2v) is 7.26. The monoisotopic (exact) mass is 366 g/mol. The first kappa shape index (κ1) is 17.6. The van der Waals surface area contributed by atoms with Crippen molar-refractivity contribution >= 4 is 17.5 Å². The number of hydrogen-bond acceptors (Lipinski definition) is 5. The van der Waals surface area contributed by atoms with E-state index in [2.05, 4.69) is 9.97 Å². The average Bonchev–Trinajstić information content (AvgIpc) is 2.69. The van der Waals surface area contributed by atoms with Crippen LogP contribution in [0.25, 0.3) is 0 Å². The Bertz CT molecular complexity index is 855. The Morgan fingerprint density at radius 1 is 1.22 bits per heavy atom. The largest absolute Gasteiger partial charge is 0.363 e. The Balaban J connectivity index is 1.63. The van der Waals surface area contributed by atoms with E-state index < -0.39 is 5.60 Å². The topological polar surface area (TPSA) is 75.6 Å². The number of carbonyl (C=O) groups excluding carboxylic acids is 2. The van der Waals surface area contributed by atoms with Crippen LogP contribution < -0.4 is 4.90 Å². The predicted molar refractivity (Wildman–Crippen MR) is 99.4 cm³/mol. The molecule has 2 amide bonds. The van der Waals surface area contributed by atoms with Crippen LogP contribution in [0.15, 0.2) is 42.7 Å². The summed E-state index contributed by atoms with van der Waals surface area (Å²) < 4.78 is 5.93. The molecule has 1 aromatic heterocycles. The van der Waals surface area contributed by atoms with Gasteiger partial charge in [0.25, 0.3) is 11.8 Å². The maximum atomic E-state index is 12.9. The third-order valence-electron chi connectivity index (χ3n) is 5.40. The van der Waals surface area contributed by atoms with E-state index in [0.29, 0.717) is 25.2 Å². The van der Waals surface area contributed by atoms with E-state index >= 15 is 0 Å². The van der Waals surface area contributed by atoms with Gasteiger partial charge in [0.05, 0.1) is 23.5 Å². The lowest BCUT2D eigenvalue weighted by Gasteiger charge is -2.52. The number of nitrogens with zero attached hydrogens (tertiary/aromatic N) is 4. The average molecular weight is 366 g/mol. The number of ether oxygens (including phenoxy) is 1. The minimum absolute atomic E-state index is 0.0548. The van der Waals surface area contributed by atoms with Gasteiger partial charge in [-0.15, -0.1) is 0 Å². The van der Waals surface area contributed by atoms with Crippen molar-refractivity contribution < 1.29 is 14.3 Å². The van der Waals surface area contributed by atoms with Crippen molar-refractivity contribution in [3.8, 4) is 0 Å². The Morgan fingerprint density at radius 2 is 2.00 bits per heavy atom. The number of rotatable bonds is 2. The minimum atomic E-state index is -0.487. The second kappa shape index (κ2) is 6.74. The van der Waals surface area contributed by atoms with Gasteiger partial charge >= 0.3 is 0 Å². The van der Waals surface area contributed by atoms with Crippen molar-refractivity contribution in [2.24, 2.45) is 0 Å². The summed E-state index contributed by atoms with van der Waals surface area (Å²) in [4.78, 5) is 37.4. The Hall–Kier alpha value is -2.80. The number of anilines is 1. The number of likely N-dealkylation sites (tertiary alicyclic amines) is 1. The normalized spacial score (nSPS) is 25.3. The van der Waals surface area contributed by atoms with Crippen molar-refractivity contribution in [2.45, 2.75) is 31.9 Å². The van der Waals surface area contributed by atoms with Crippen LogP contribution in [-0.2, 0) is 9.53 Å². The molecule has 2 aliphatic heterocycles. The molecule has 140 valence electrons. The van der Waals surface area contributed by atoms with Crippen LogP contribution in [-0.4, -0.2) is 58.0 Å². The highest BCUT2D eigenvalue weighted by Crippen LogP contribution is 2.36. The summed E-state index contributed by atoms with van der Waals surface area (Å²) in [5.41, 5.74) is 1.42. The number of morpholine rings is 1. The highest BCUT2D eigenvalue weighted by molar-refractivity contribution is 5.96. The van der Waals surface area contributed by atoms with E-state index in [-0.39, 0.29) is 24.5 Å². The van der Waals surface area contributed by atoms with Gasteiger partial charge in [-0.2, -0.15) is 0 Å².